The average molecular weight is 427 g/mol. The van der Waals surface area contributed by atoms with Crippen LogP contribution in [0.5, 0.6) is 0 Å². The molecule has 148 valence electrons. The Morgan fingerprint density at radius 1 is 1.25 bits per heavy atom. The van der Waals surface area contributed by atoms with Gasteiger partial charge in [-0.2, -0.15) is 13.2 Å². The first-order valence-corrected chi connectivity index (χ1v) is 10.5. The van der Waals surface area contributed by atoms with E-state index in [-0.39, 0.29) is 6.10 Å². The second kappa shape index (κ2) is 8.18. The van der Waals surface area contributed by atoms with Crippen molar-refractivity contribution in [3.05, 3.63) is 40.9 Å². The van der Waals surface area contributed by atoms with Crippen LogP contribution in [-0.4, -0.2) is 37.9 Å². The fraction of sp³-hybridized carbons (Fsp3) is 0.412. The number of halogens is 3. The molecular weight excluding hydrogens is 411 g/mol. The van der Waals surface area contributed by atoms with Crippen LogP contribution in [0.2, 0.25) is 0 Å². The van der Waals surface area contributed by atoms with Crippen molar-refractivity contribution in [1.82, 2.24) is 25.2 Å². The molecule has 1 aliphatic heterocycles. The van der Waals surface area contributed by atoms with Crippen LogP contribution < -0.4 is 0 Å². The van der Waals surface area contributed by atoms with Crippen LogP contribution in [0, 0.1) is 0 Å². The number of thioether (sulfide) groups is 1. The highest BCUT2D eigenvalue weighted by molar-refractivity contribution is 7.98. The summed E-state index contributed by atoms with van der Waals surface area (Å²) in [5.74, 6) is 0.572. The van der Waals surface area contributed by atoms with Gasteiger partial charge in [-0.25, -0.2) is 9.67 Å². The van der Waals surface area contributed by atoms with Gasteiger partial charge in [-0.05, 0) is 35.4 Å². The molecule has 28 heavy (non-hydrogen) atoms. The van der Waals surface area contributed by atoms with E-state index in [1.165, 1.54) is 35.2 Å². The molecule has 3 aromatic rings. The molecule has 11 heteroatoms. The maximum atomic E-state index is 12.7. The first-order valence-electron chi connectivity index (χ1n) is 8.61. The highest BCUT2D eigenvalue weighted by Gasteiger charge is 2.30. The number of nitrogens with zero attached hydrogens (tertiary/aromatic N) is 5. The number of rotatable bonds is 6. The van der Waals surface area contributed by atoms with Gasteiger partial charge < -0.3 is 4.74 Å². The standard InChI is InChI=1S/C17H16F3N5OS2/c18-17(19,20)12-5-3-11(4-6-12)15-21-13(9-27-15)10-28-16-22-23-24-25(16)8-14-2-1-7-26-14/h3-6,9,14H,1-2,7-8,10H2. The van der Waals surface area contributed by atoms with Gasteiger partial charge in [0, 0.05) is 23.3 Å². The van der Waals surface area contributed by atoms with Crippen molar-refractivity contribution in [2.75, 3.05) is 6.61 Å². The van der Waals surface area contributed by atoms with E-state index in [2.05, 4.69) is 20.5 Å². The van der Waals surface area contributed by atoms with E-state index in [0.29, 0.717) is 28.0 Å². The minimum Gasteiger partial charge on any atom is -0.376 e. The summed E-state index contributed by atoms with van der Waals surface area (Å²) in [5, 5.41) is 15.1. The molecule has 0 amide bonds. The Hall–Kier alpha value is -1.98. The van der Waals surface area contributed by atoms with Gasteiger partial charge in [0.15, 0.2) is 0 Å². The van der Waals surface area contributed by atoms with Crippen LogP contribution in [0.1, 0.15) is 24.1 Å². The molecule has 1 aliphatic rings. The molecule has 1 aromatic carbocycles. The molecule has 0 bridgehead atoms. The topological polar surface area (TPSA) is 65.7 Å². The lowest BCUT2D eigenvalue weighted by atomic mass is 10.1. The van der Waals surface area contributed by atoms with E-state index in [1.807, 2.05) is 5.38 Å². The normalized spacial score (nSPS) is 17.3. The molecule has 0 N–H and O–H groups in total. The molecule has 1 saturated heterocycles. The van der Waals surface area contributed by atoms with Gasteiger partial charge >= 0.3 is 6.18 Å². The van der Waals surface area contributed by atoms with Crippen LogP contribution in [0.4, 0.5) is 13.2 Å². The lowest BCUT2D eigenvalue weighted by Crippen LogP contribution is -2.16. The number of hydrogen-bond donors (Lipinski definition) is 0. The summed E-state index contributed by atoms with van der Waals surface area (Å²) in [4.78, 5) is 4.52. The van der Waals surface area contributed by atoms with Crippen molar-refractivity contribution in [3.8, 4) is 10.6 Å². The SMILES string of the molecule is FC(F)(F)c1ccc(-c2nc(CSc3nnnn3CC3CCCO3)cs2)cc1. The Morgan fingerprint density at radius 2 is 2.07 bits per heavy atom. The fourth-order valence-electron chi connectivity index (χ4n) is 2.84. The molecule has 0 saturated carbocycles. The highest BCUT2D eigenvalue weighted by Crippen LogP contribution is 2.32. The molecule has 3 heterocycles. The number of aromatic nitrogens is 5. The number of thiazole rings is 1. The van der Waals surface area contributed by atoms with Crippen molar-refractivity contribution in [2.24, 2.45) is 0 Å². The Bertz CT molecular complexity index is 920. The summed E-state index contributed by atoms with van der Waals surface area (Å²) in [6.07, 6.45) is -2.13. The van der Waals surface area contributed by atoms with Crippen molar-refractivity contribution >= 4 is 23.1 Å². The lowest BCUT2D eigenvalue weighted by Gasteiger charge is -2.09. The molecule has 0 aliphatic carbocycles. The lowest BCUT2D eigenvalue weighted by molar-refractivity contribution is -0.137. The Kier molecular flexibility index (Phi) is 5.65. The minimum atomic E-state index is -4.34. The quantitative estimate of drug-likeness (QED) is 0.547. The van der Waals surface area contributed by atoms with Crippen LogP contribution in [0.3, 0.4) is 0 Å². The first-order chi connectivity index (χ1) is 13.5. The minimum absolute atomic E-state index is 0.147. The maximum absolute atomic E-state index is 12.7. The molecule has 0 radical (unpaired) electrons. The molecule has 2 aromatic heterocycles. The van der Waals surface area contributed by atoms with E-state index in [1.54, 1.807) is 4.68 Å². The van der Waals surface area contributed by atoms with E-state index >= 15 is 0 Å². The average Bonchev–Trinajstić information content (AvgIpc) is 3.42. The third-order valence-electron chi connectivity index (χ3n) is 4.26. The molecular formula is C17H16F3N5OS2. The Morgan fingerprint density at radius 3 is 2.79 bits per heavy atom. The monoisotopic (exact) mass is 427 g/mol. The van der Waals surface area contributed by atoms with E-state index in [9.17, 15) is 13.2 Å². The summed E-state index contributed by atoms with van der Waals surface area (Å²) in [5.41, 5.74) is 0.829. The highest BCUT2D eigenvalue weighted by atomic mass is 32.2. The second-order valence-electron chi connectivity index (χ2n) is 6.29. The molecule has 0 spiro atoms. The zero-order valence-corrected chi connectivity index (χ0v) is 16.2. The predicted octanol–water partition coefficient (Wildman–Crippen LogP) is 4.29. The van der Waals surface area contributed by atoms with E-state index < -0.39 is 11.7 Å². The van der Waals surface area contributed by atoms with Gasteiger partial charge in [0.1, 0.15) is 5.01 Å². The summed E-state index contributed by atoms with van der Waals surface area (Å²) in [7, 11) is 0. The number of tetrazole rings is 1. The Labute approximate surface area is 167 Å². The van der Waals surface area contributed by atoms with Crippen LogP contribution >= 0.6 is 23.1 Å². The summed E-state index contributed by atoms with van der Waals surface area (Å²) < 4.78 is 45.4. The molecule has 1 unspecified atom stereocenters. The Balaban J connectivity index is 1.38. The molecule has 1 atom stereocenters. The van der Waals surface area contributed by atoms with Crippen molar-refractivity contribution in [1.29, 1.82) is 0 Å². The number of benzene rings is 1. The van der Waals surface area contributed by atoms with E-state index in [0.717, 1.165) is 37.3 Å². The summed E-state index contributed by atoms with van der Waals surface area (Å²) in [6.45, 7) is 1.41. The summed E-state index contributed by atoms with van der Waals surface area (Å²) >= 11 is 2.87. The van der Waals surface area contributed by atoms with Gasteiger partial charge in [0.05, 0.1) is 23.9 Å². The van der Waals surface area contributed by atoms with Crippen LogP contribution in [0.15, 0.2) is 34.8 Å². The zero-order chi connectivity index (χ0) is 19.6. The third-order valence-corrected chi connectivity index (χ3v) is 6.19. The van der Waals surface area contributed by atoms with Gasteiger partial charge in [-0.3, -0.25) is 0 Å². The van der Waals surface area contributed by atoms with Gasteiger partial charge in [-0.1, -0.05) is 23.9 Å². The largest absolute Gasteiger partial charge is 0.416 e. The molecule has 4 rings (SSSR count). The third kappa shape index (κ3) is 4.53. The number of ether oxygens (including phenoxy) is 1. The van der Waals surface area contributed by atoms with Crippen molar-refractivity contribution in [3.63, 3.8) is 0 Å². The number of alkyl halides is 3. The van der Waals surface area contributed by atoms with Gasteiger partial charge in [0.2, 0.25) is 5.16 Å². The predicted molar refractivity (Wildman–Crippen MR) is 98.9 cm³/mol. The van der Waals surface area contributed by atoms with Crippen molar-refractivity contribution in [2.45, 2.75) is 42.6 Å². The fourth-order valence-corrected chi connectivity index (χ4v) is 4.55. The van der Waals surface area contributed by atoms with Crippen LogP contribution in [0.25, 0.3) is 10.6 Å². The van der Waals surface area contributed by atoms with Crippen LogP contribution in [-0.2, 0) is 23.2 Å². The first kappa shape index (κ1) is 19.3. The van der Waals surface area contributed by atoms with E-state index in [4.69, 9.17) is 4.74 Å². The number of hydrogen-bond acceptors (Lipinski definition) is 7. The summed E-state index contributed by atoms with van der Waals surface area (Å²) in [6, 6.07) is 5.04. The van der Waals surface area contributed by atoms with Gasteiger partial charge in [-0.15, -0.1) is 16.4 Å². The maximum Gasteiger partial charge on any atom is 0.416 e. The zero-order valence-electron chi connectivity index (χ0n) is 14.6. The smallest absolute Gasteiger partial charge is 0.376 e. The second-order valence-corrected chi connectivity index (χ2v) is 8.09. The molecule has 6 nitrogen and oxygen atoms in total. The van der Waals surface area contributed by atoms with Gasteiger partial charge in [0.25, 0.3) is 0 Å². The molecule has 1 fully saturated rings. The van der Waals surface area contributed by atoms with Crippen molar-refractivity contribution < 1.29 is 17.9 Å².